The monoisotopic (exact) mass is 406 g/mol. The zero-order valence-electron chi connectivity index (χ0n) is 19.8. The number of rotatable bonds is 14. The molecule has 0 heterocycles. The van der Waals surface area contributed by atoms with E-state index in [4.69, 9.17) is 4.74 Å². The van der Waals surface area contributed by atoms with E-state index in [1.54, 1.807) is 0 Å². The Morgan fingerprint density at radius 1 is 0.655 bits per heavy atom. The number of ether oxygens (including phenoxy) is 1. The Hall–Kier alpha value is -0.530. The van der Waals surface area contributed by atoms with Crippen molar-refractivity contribution in [3.63, 3.8) is 0 Å². The summed E-state index contributed by atoms with van der Waals surface area (Å²) in [6.07, 6.45) is 26.2. The fraction of sp³-hybridized carbons (Fsp3) is 0.963. The third-order valence-electron chi connectivity index (χ3n) is 7.78. The highest BCUT2D eigenvalue weighted by atomic mass is 16.5. The van der Waals surface area contributed by atoms with Crippen molar-refractivity contribution in [2.24, 2.45) is 17.8 Å². The van der Waals surface area contributed by atoms with Crippen LogP contribution in [0.4, 0.5) is 0 Å². The first-order chi connectivity index (χ1) is 14.2. The maximum atomic E-state index is 12.1. The molecule has 2 nitrogen and oxygen atoms in total. The van der Waals surface area contributed by atoms with Crippen LogP contribution in [0.15, 0.2) is 0 Å². The van der Waals surface area contributed by atoms with Crippen LogP contribution in [0.1, 0.15) is 142 Å². The van der Waals surface area contributed by atoms with Gasteiger partial charge in [0.25, 0.3) is 0 Å². The molecular weight excluding hydrogens is 356 g/mol. The van der Waals surface area contributed by atoms with E-state index in [1.807, 2.05) is 0 Å². The van der Waals surface area contributed by atoms with Crippen LogP contribution in [-0.4, -0.2) is 12.1 Å². The summed E-state index contributed by atoms with van der Waals surface area (Å²) in [5.74, 6) is 2.94. The third kappa shape index (κ3) is 10.4. The Kier molecular flexibility index (Phi) is 13.0. The maximum absolute atomic E-state index is 12.1. The first-order valence-corrected chi connectivity index (χ1v) is 13.4. The van der Waals surface area contributed by atoms with Crippen LogP contribution in [0.5, 0.6) is 0 Å². The van der Waals surface area contributed by atoms with Crippen molar-refractivity contribution in [2.75, 3.05) is 0 Å². The second-order valence-corrected chi connectivity index (χ2v) is 10.2. The molecule has 2 heteroatoms. The molecule has 2 rings (SSSR count). The van der Waals surface area contributed by atoms with Crippen LogP contribution >= 0.6 is 0 Å². The van der Waals surface area contributed by atoms with Crippen LogP contribution in [0.3, 0.4) is 0 Å². The van der Waals surface area contributed by atoms with E-state index in [0.29, 0.717) is 6.42 Å². The van der Waals surface area contributed by atoms with E-state index in [1.165, 1.54) is 103 Å². The lowest BCUT2D eigenvalue weighted by Gasteiger charge is -2.37. The van der Waals surface area contributed by atoms with Gasteiger partial charge in [0.2, 0.25) is 0 Å². The highest BCUT2D eigenvalue weighted by Crippen LogP contribution is 2.41. The summed E-state index contributed by atoms with van der Waals surface area (Å²) >= 11 is 0. The molecule has 0 amide bonds. The summed E-state index contributed by atoms with van der Waals surface area (Å²) in [6.45, 7) is 4.53. The van der Waals surface area contributed by atoms with Gasteiger partial charge >= 0.3 is 5.97 Å². The summed E-state index contributed by atoms with van der Waals surface area (Å²) in [7, 11) is 0. The summed E-state index contributed by atoms with van der Waals surface area (Å²) in [5, 5.41) is 0. The summed E-state index contributed by atoms with van der Waals surface area (Å²) in [5.41, 5.74) is 0. The minimum absolute atomic E-state index is 0.0596. The van der Waals surface area contributed by atoms with Crippen molar-refractivity contribution >= 4 is 5.97 Å². The zero-order valence-corrected chi connectivity index (χ0v) is 19.8. The molecule has 0 atom stereocenters. The molecule has 29 heavy (non-hydrogen) atoms. The third-order valence-corrected chi connectivity index (χ3v) is 7.78. The Balaban J connectivity index is 1.52. The van der Waals surface area contributed by atoms with Gasteiger partial charge < -0.3 is 4.74 Å². The molecule has 0 radical (unpaired) electrons. The number of carbonyl (C=O) groups excluding carboxylic acids is 1. The minimum Gasteiger partial charge on any atom is -0.462 e. The molecule has 0 saturated heterocycles. The number of carbonyl (C=O) groups is 1. The van der Waals surface area contributed by atoms with Gasteiger partial charge in [-0.25, -0.2) is 0 Å². The minimum atomic E-state index is 0.0596. The number of unbranched alkanes of at least 4 members (excludes halogenated alkanes) is 8. The van der Waals surface area contributed by atoms with Crippen molar-refractivity contribution in [2.45, 2.75) is 148 Å². The lowest BCUT2D eigenvalue weighted by molar-refractivity contribution is -0.151. The van der Waals surface area contributed by atoms with Crippen LogP contribution < -0.4 is 0 Å². The molecule has 0 bridgehead atoms. The molecule has 2 fully saturated rings. The van der Waals surface area contributed by atoms with Crippen molar-refractivity contribution in [3.8, 4) is 0 Å². The van der Waals surface area contributed by atoms with Crippen LogP contribution in [-0.2, 0) is 9.53 Å². The van der Waals surface area contributed by atoms with Crippen molar-refractivity contribution in [1.82, 2.24) is 0 Å². The number of hydrogen-bond acceptors (Lipinski definition) is 2. The molecule has 0 aliphatic heterocycles. The fourth-order valence-electron chi connectivity index (χ4n) is 5.78. The molecule has 2 saturated carbocycles. The first-order valence-electron chi connectivity index (χ1n) is 13.4. The molecule has 0 aromatic heterocycles. The highest BCUT2D eigenvalue weighted by Gasteiger charge is 2.31. The van der Waals surface area contributed by atoms with E-state index in [-0.39, 0.29) is 12.1 Å². The molecular formula is C27H50O2. The second kappa shape index (κ2) is 15.3. The molecule has 0 aromatic carbocycles. The van der Waals surface area contributed by atoms with E-state index < -0.39 is 0 Å². The van der Waals surface area contributed by atoms with Gasteiger partial charge in [0.1, 0.15) is 6.10 Å². The van der Waals surface area contributed by atoms with E-state index >= 15 is 0 Å². The van der Waals surface area contributed by atoms with Gasteiger partial charge in [0, 0.05) is 6.42 Å². The normalized spacial score (nSPS) is 27.7. The summed E-state index contributed by atoms with van der Waals surface area (Å²) in [6, 6.07) is 0. The van der Waals surface area contributed by atoms with E-state index in [9.17, 15) is 4.79 Å². The van der Waals surface area contributed by atoms with Crippen molar-refractivity contribution in [1.29, 1.82) is 0 Å². The van der Waals surface area contributed by atoms with Gasteiger partial charge in [-0.05, 0) is 62.7 Å². The summed E-state index contributed by atoms with van der Waals surface area (Å²) in [4.78, 5) is 12.1. The predicted molar refractivity (Wildman–Crippen MR) is 124 cm³/mol. The number of esters is 1. The number of hydrogen-bond donors (Lipinski definition) is 0. The standard InChI is InChI=1S/C27H50O2/c1-3-5-7-9-11-13-23-15-17-24(18-16-23)25-19-21-26(22-20-25)29-27(28)14-12-10-8-6-4-2/h23-26H,3-22H2,1-2H3/t23-,24-,25?,26?. The second-order valence-electron chi connectivity index (χ2n) is 10.2. The lowest BCUT2D eigenvalue weighted by atomic mass is 9.70. The van der Waals surface area contributed by atoms with Crippen molar-refractivity contribution in [3.05, 3.63) is 0 Å². The average molecular weight is 407 g/mol. The molecule has 2 aliphatic rings. The molecule has 0 unspecified atom stereocenters. The highest BCUT2D eigenvalue weighted by molar-refractivity contribution is 5.69. The van der Waals surface area contributed by atoms with Gasteiger partial charge in [0.05, 0.1) is 0 Å². The Morgan fingerprint density at radius 2 is 1.17 bits per heavy atom. The smallest absolute Gasteiger partial charge is 0.306 e. The molecule has 0 spiro atoms. The predicted octanol–water partition coefficient (Wildman–Crippen LogP) is 8.62. The Morgan fingerprint density at radius 3 is 1.76 bits per heavy atom. The summed E-state index contributed by atoms with van der Waals surface area (Å²) < 4.78 is 5.78. The van der Waals surface area contributed by atoms with E-state index in [0.717, 1.165) is 37.0 Å². The van der Waals surface area contributed by atoms with Gasteiger partial charge in [0.15, 0.2) is 0 Å². The Bertz CT molecular complexity index is 403. The Labute approximate surface area is 181 Å². The van der Waals surface area contributed by atoms with Gasteiger partial charge in [-0.2, -0.15) is 0 Å². The van der Waals surface area contributed by atoms with Gasteiger partial charge in [-0.3, -0.25) is 4.79 Å². The van der Waals surface area contributed by atoms with Gasteiger partial charge in [-0.1, -0.05) is 90.9 Å². The quantitative estimate of drug-likeness (QED) is 0.213. The molecule has 170 valence electrons. The van der Waals surface area contributed by atoms with Crippen LogP contribution in [0, 0.1) is 17.8 Å². The first kappa shape index (κ1) is 24.7. The SMILES string of the molecule is CCCCCCCC(=O)OC1CCC([C@H]2CC[C@H](CCCCCCC)CC2)CC1. The fourth-order valence-corrected chi connectivity index (χ4v) is 5.78. The van der Waals surface area contributed by atoms with E-state index in [2.05, 4.69) is 13.8 Å². The lowest BCUT2D eigenvalue weighted by Crippen LogP contribution is -2.29. The largest absolute Gasteiger partial charge is 0.462 e. The van der Waals surface area contributed by atoms with Crippen LogP contribution in [0.2, 0.25) is 0 Å². The maximum Gasteiger partial charge on any atom is 0.306 e. The average Bonchev–Trinajstić information content (AvgIpc) is 2.74. The topological polar surface area (TPSA) is 26.3 Å². The van der Waals surface area contributed by atoms with Crippen LogP contribution in [0.25, 0.3) is 0 Å². The van der Waals surface area contributed by atoms with Gasteiger partial charge in [-0.15, -0.1) is 0 Å². The molecule has 2 aliphatic carbocycles. The zero-order chi connectivity index (χ0) is 20.7. The molecule has 0 N–H and O–H groups in total. The molecule has 0 aromatic rings. The van der Waals surface area contributed by atoms with Crippen molar-refractivity contribution < 1.29 is 9.53 Å².